The first kappa shape index (κ1) is 17.4. The van der Waals surface area contributed by atoms with Crippen LogP contribution in [0.5, 0.6) is 0 Å². The van der Waals surface area contributed by atoms with Gasteiger partial charge in [-0.15, -0.1) is 0 Å². The van der Waals surface area contributed by atoms with E-state index in [1.54, 1.807) is 6.07 Å². The van der Waals surface area contributed by atoms with Crippen molar-refractivity contribution in [1.82, 2.24) is 10.3 Å². The summed E-state index contributed by atoms with van der Waals surface area (Å²) in [5.41, 5.74) is 0.683. The number of hydrogen-bond donors (Lipinski definition) is 2. The number of amides is 1. The van der Waals surface area contributed by atoms with Crippen molar-refractivity contribution in [3.63, 3.8) is 0 Å². The monoisotopic (exact) mass is 355 g/mol. The molecule has 7 nitrogen and oxygen atoms in total. The molecule has 1 aromatic heterocycles. The molecule has 0 spiro atoms. The van der Waals surface area contributed by atoms with Crippen molar-refractivity contribution in [1.29, 1.82) is 0 Å². The highest BCUT2D eigenvalue weighted by molar-refractivity contribution is 6.07. The molecule has 0 saturated carbocycles. The predicted octanol–water partition coefficient (Wildman–Crippen LogP) is 2.75. The summed E-state index contributed by atoms with van der Waals surface area (Å²) < 4.78 is 12.9. The van der Waals surface area contributed by atoms with Crippen molar-refractivity contribution < 1.29 is 19.2 Å². The maximum Gasteiger partial charge on any atom is 0.278 e. The molecule has 132 valence electrons. The number of non-ortho nitro benzene ring substituents is 1. The van der Waals surface area contributed by atoms with Crippen LogP contribution in [0.2, 0.25) is 0 Å². The third-order valence-corrected chi connectivity index (χ3v) is 3.90. The van der Waals surface area contributed by atoms with Crippen molar-refractivity contribution in [3.8, 4) is 0 Å². The number of aliphatic hydroxyl groups is 1. The largest absolute Gasteiger partial charge is 0.387 e. The number of hydrogen-bond acceptors (Lipinski definition) is 5. The average Bonchev–Trinajstić information content (AvgIpc) is 2.65. The van der Waals surface area contributed by atoms with Crippen LogP contribution in [0.1, 0.15) is 22.0 Å². The van der Waals surface area contributed by atoms with Gasteiger partial charge in [0.15, 0.2) is 0 Å². The van der Waals surface area contributed by atoms with Crippen LogP contribution in [0, 0.1) is 15.9 Å². The topological polar surface area (TPSA) is 105 Å². The fraction of sp³-hybridized carbons (Fsp3) is 0.111. The lowest BCUT2D eigenvalue weighted by Gasteiger charge is -2.13. The Hall–Kier alpha value is -3.39. The van der Waals surface area contributed by atoms with Crippen LogP contribution in [-0.2, 0) is 0 Å². The van der Waals surface area contributed by atoms with E-state index in [-0.39, 0.29) is 28.7 Å². The van der Waals surface area contributed by atoms with Gasteiger partial charge in [0, 0.05) is 18.8 Å². The second-order valence-corrected chi connectivity index (χ2v) is 5.57. The number of aromatic nitrogens is 1. The molecule has 0 radical (unpaired) electrons. The summed E-state index contributed by atoms with van der Waals surface area (Å²) in [5, 5.41) is 24.0. The molecule has 1 amide bonds. The van der Waals surface area contributed by atoms with E-state index in [0.717, 1.165) is 0 Å². The SMILES string of the molecule is O=C(NC[C@H](O)c1ccc(F)cc1)c1ccc([N+](=O)[O-])c2cccnc12. The minimum absolute atomic E-state index is 0.101. The molecule has 0 saturated heterocycles. The van der Waals surface area contributed by atoms with E-state index in [9.17, 15) is 24.4 Å². The summed E-state index contributed by atoms with van der Waals surface area (Å²) in [6, 6.07) is 10.9. The zero-order chi connectivity index (χ0) is 18.7. The van der Waals surface area contributed by atoms with Gasteiger partial charge in [0.2, 0.25) is 0 Å². The standard InChI is InChI=1S/C18H14FN3O4/c19-12-5-3-11(4-6-12)16(23)10-21-18(24)14-7-8-15(22(25)26)13-2-1-9-20-17(13)14/h1-9,16,23H,10H2,(H,21,24)/t16-/m0/s1. The maximum atomic E-state index is 12.9. The van der Waals surface area contributed by atoms with Gasteiger partial charge in [-0.05, 0) is 35.9 Å². The number of nitrogens with zero attached hydrogens (tertiary/aromatic N) is 2. The zero-order valence-electron chi connectivity index (χ0n) is 13.4. The molecule has 0 unspecified atom stereocenters. The highest BCUT2D eigenvalue weighted by Crippen LogP contribution is 2.26. The van der Waals surface area contributed by atoms with Crippen LogP contribution in [0.15, 0.2) is 54.7 Å². The highest BCUT2D eigenvalue weighted by Gasteiger charge is 2.19. The number of pyridine rings is 1. The number of carbonyl (C=O) groups is 1. The minimum Gasteiger partial charge on any atom is -0.387 e. The summed E-state index contributed by atoms with van der Waals surface area (Å²) in [6.07, 6.45) is 0.424. The molecule has 2 N–H and O–H groups in total. The van der Waals surface area contributed by atoms with Crippen molar-refractivity contribution in [3.05, 3.63) is 81.8 Å². The number of halogens is 1. The molecule has 26 heavy (non-hydrogen) atoms. The first-order valence-corrected chi connectivity index (χ1v) is 7.71. The van der Waals surface area contributed by atoms with E-state index >= 15 is 0 Å². The van der Waals surface area contributed by atoms with Crippen LogP contribution in [0.25, 0.3) is 10.9 Å². The van der Waals surface area contributed by atoms with Gasteiger partial charge in [-0.1, -0.05) is 12.1 Å². The Morgan fingerprint density at radius 3 is 2.65 bits per heavy atom. The van der Waals surface area contributed by atoms with Gasteiger partial charge in [-0.3, -0.25) is 19.9 Å². The molecule has 0 fully saturated rings. The number of carbonyl (C=O) groups excluding carboxylic acids is 1. The van der Waals surface area contributed by atoms with Gasteiger partial charge in [0.25, 0.3) is 11.6 Å². The van der Waals surface area contributed by atoms with Gasteiger partial charge < -0.3 is 10.4 Å². The molecule has 1 atom stereocenters. The molecular weight excluding hydrogens is 341 g/mol. The summed E-state index contributed by atoms with van der Waals surface area (Å²) in [6.45, 7) is -0.101. The average molecular weight is 355 g/mol. The van der Waals surface area contributed by atoms with Gasteiger partial charge in [-0.25, -0.2) is 4.39 Å². The smallest absolute Gasteiger partial charge is 0.278 e. The number of rotatable bonds is 5. The van der Waals surface area contributed by atoms with E-state index in [1.165, 1.54) is 48.7 Å². The second-order valence-electron chi connectivity index (χ2n) is 5.57. The molecule has 0 aliphatic rings. The number of aliphatic hydroxyl groups excluding tert-OH is 1. The Bertz CT molecular complexity index is 976. The lowest BCUT2D eigenvalue weighted by atomic mass is 10.1. The molecular formula is C18H14FN3O4. The summed E-state index contributed by atoms with van der Waals surface area (Å²) in [5.74, 6) is -0.946. The van der Waals surface area contributed by atoms with E-state index in [0.29, 0.717) is 5.56 Å². The summed E-state index contributed by atoms with van der Waals surface area (Å²) in [4.78, 5) is 27.1. The second kappa shape index (κ2) is 7.24. The number of nitro benzene ring substituents is 1. The number of nitro groups is 1. The molecule has 3 rings (SSSR count). The lowest BCUT2D eigenvalue weighted by Crippen LogP contribution is -2.28. The number of nitrogens with one attached hydrogen (secondary N) is 1. The van der Waals surface area contributed by atoms with Crippen LogP contribution < -0.4 is 5.32 Å². The summed E-state index contributed by atoms with van der Waals surface area (Å²) in [7, 11) is 0. The maximum absolute atomic E-state index is 12.9. The quantitative estimate of drug-likeness (QED) is 0.541. The van der Waals surface area contributed by atoms with E-state index in [2.05, 4.69) is 10.3 Å². The van der Waals surface area contributed by atoms with Gasteiger partial charge in [-0.2, -0.15) is 0 Å². The Morgan fingerprint density at radius 1 is 1.23 bits per heavy atom. The lowest BCUT2D eigenvalue weighted by molar-refractivity contribution is -0.383. The van der Waals surface area contributed by atoms with Crippen molar-refractivity contribution >= 4 is 22.5 Å². The predicted molar refractivity (Wildman–Crippen MR) is 92.1 cm³/mol. The fourth-order valence-electron chi connectivity index (χ4n) is 2.59. The van der Waals surface area contributed by atoms with Crippen LogP contribution in [-0.4, -0.2) is 27.5 Å². The van der Waals surface area contributed by atoms with Gasteiger partial charge in [0.05, 0.1) is 27.5 Å². The molecule has 0 aliphatic carbocycles. The first-order chi connectivity index (χ1) is 12.5. The Labute approximate surface area is 147 Å². The number of fused-ring (bicyclic) bond motifs is 1. The van der Waals surface area contributed by atoms with Gasteiger partial charge in [0.1, 0.15) is 5.82 Å². The minimum atomic E-state index is -1.02. The van der Waals surface area contributed by atoms with E-state index < -0.39 is 22.8 Å². The first-order valence-electron chi connectivity index (χ1n) is 7.71. The third kappa shape index (κ3) is 3.50. The zero-order valence-corrected chi connectivity index (χ0v) is 13.4. The van der Waals surface area contributed by atoms with Crippen molar-refractivity contribution in [2.75, 3.05) is 6.54 Å². The Kier molecular flexibility index (Phi) is 4.85. The Morgan fingerprint density at radius 2 is 1.96 bits per heavy atom. The summed E-state index contributed by atoms with van der Waals surface area (Å²) >= 11 is 0. The molecule has 8 heteroatoms. The molecule has 3 aromatic rings. The van der Waals surface area contributed by atoms with Crippen LogP contribution >= 0.6 is 0 Å². The van der Waals surface area contributed by atoms with Crippen molar-refractivity contribution in [2.24, 2.45) is 0 Å². The number of benzene rings is 2. The molecule has 0 aliphatic heterocycles. The van der Waals surface area contributed by atoms with Crippen molar-refractivity contribution in [2.45, 2.75) is 6.10 Å². The van der Waals surface area contributed by atoms with Gasteiger partial charge >= 0.3 is 0 Å². The fourth-order valence-corrected chi connectivity index (χ4v) is 2.59. The third-order valence-electron chi connectivity index (χ3n) is 3.90. The molecule has 2 aromatic carbocycles. The molecule has 1 heterocycles. The van der Waals surface area contributed by atoms with Crippen LogP contribution in [0.4, 0.5) is 10.1 Å². The molecule has 0 bridgehead atoms. The Balaban J connectivity index is 1.81. The van der Waals surface area contributed by atoms with E-state index in [1.807, 2.05) is 0 Å². The normalized spacial score (nSPS) is 11.9. The van der Waals surface area contributed by atoms with Crippen LogP contribution in [0.3, 0.4) is 0 Å². The highest BCUT2D eigenvalue weighted by atomic mass is 19.1. The van der Waals surface area contributed by atoms with E-state index in [4.69, 9.17) is 0 Å².